The zero-order valence-electron chi connectivity index (χ0n) is 10.9. The Bertz CT molecular complexity index is 605. The van der Waals surface area contributed by atoms with E-state index in [9.17, 15) is 4.79 Å². The maximum atomic E-state index is 12.5. The third-order valence-electron chi connectivity index (χ3n) is 3.28. The molecule has 0 aromatic carbocycles. The van der Waals surface area contributed by atoms with Gasteiger partial charge < -0.3 is 9.42 Å². The molecule has 1 fully saturated rings. The first kappa shape index (κ1) is 12.3. The second-order valence-corrected chi connectivity index (χ2v) is 5.74. The Hall–Kier alpha value is -1.69. The summed E-state index contributed by atoms with van der Waals surface area (Å²) in [6.07, 6.45) is 1.86. The van der Waals surface area contributed by atoms with E-state index in [4.69, 9.17) is 4.52 Å². The van der Waals surface area contributed by atoms with Crippen LogP contribution in [0.3, 0.4) is 0 Å². The summed E-state index contributed by atoms with van der Waals surface area (Å²) in [4.78, 5) is 19.4. The van der Waals surface area contributed by atoms with Crippen molar-refractivity contribution in [2.45, 2.75) is 32.7 Å². The fraction of sp³-hybridized carbons (Fsp3) is 0.462. The number of rotatable bonds is 2. The molecule has 0 bridgehead atoms. The summed E-state index contributed by atoms with van der Waals surface area (Å²) in [5, 5.41) is 5.81. The van der Waals surface area contributed by atoms with Crippen LogP contribution in [0.15, 0.2) is 16.0 Å². The van der Waals surface area contributed by atoms with E-state index in [1.54, 1.807) is 6.92 Å². The number of likely N-dealkylation sites (tertiary alicyclic amines) is 1. The number of thiophene rings is 1. The van der Waals surface area contributed by atoms with Crippen LogP contribution in [0.25, 0.3) is 0 Å². The second-order valence-electron chi connectivity index (χ2n) is 4.82. The predicted octanol–water partition coefficient (Wildman–Crippen LogP) is 2.73. The van der Waals surface area contributed by atoms with Crippen LogP contribution in [0.4, 0.5) is 0 Å². The highest BCUT2D eigenvalue weighted by Gasteiger charge is 2.34. The number of amides is 1. The van der Waals surface area contributed by atoms with Gasteiger partial charge in [0.05, 0.1) is 4.88 Å². The minimum absolute atomic E-state index is 0.0662. The van der Waals surface area contributed by atoms with Crippen molar-refractivity contribution in [3.63, 3.8) is 0 Å². The smallest absolute Gasteiger partial charge is 0.264 e. The lowest BCUT2D eigenvalue weighted by Gasteiger charge is -2.20. The highest BCUT2D eigenvalue weighted by Crippen LogP contribution is 2.33. The molecule has 0 saturated carbocycles. The highest BCUT2D eigenvalue weighted by atomic mass is 32.1. The summed E-state index contributed by atoms with van der Waals surface area (Å²) >= 11 is 1.49. The fourth-order valence-corrected chi connectivity index (χ4v) is 3.25. The highest BCUT2D eigenvalue weighted by molar-refractivity contribution is 7.12. The van der Waals surface area contributed by atoms with Gasteiger partial charge in [0.2, 0.25) is 5.89 Å². The molecule has 1 aliphatic rings. The lowest BCUT2D eigenvalue weighted by atomic mass is 10.2. The number of nitrogens with zero attached hydrogens (tertiary/aromatic N) is 3. The van der Waals surface area contributed by atoms with Crippen LogP contribution >= 0.6 is 11.3 Å². The second kappa shape index (κ2) is 4.77. The molecule has 6 heteroatoms. The summed E-state index contributed by atoms with van der Waals surface area (Å²) < 4.78 is 5.22. The lowest BCUT2D eigenvalue weighted by Crippen LogP contribution is -2.30. The van der Waals surface area contributed by atoms with E-state index in [1.807, 2.05) is 23.3 Å². The number of hydrogen-bond donors (Lipinski definition) is 0. The number of aromatic nitrogens is 2. The minimum Gasteiger partial charge on any atom is -0.337 e. The van der Waals surface area contributed by atoms with Crippen LogP contribution < -0.4 is 0 Å². The summed E-state index contributed by atoms with van der Waals surface area (Å²) in [5.41, 5.74) is 1.12. The molecule has 0 aliphatic carbocycles. The van der Waals surface area contributed by atoms with E-state index in [-0.39, 0.29) is 11.9 Å². The average molecular weight is 277 g/mol. The Labute approximate surface area is 115 Å². The first-order chi connectivity index (χ1) is 9.15. The van der Waals surface area contributed by atoms with Gasteiger partial charge in [0, 0.05) is 6.54 Å². The van der Waals surface area contributed by atoms with Gasteiger partial charge in [-0.2, -0.15) is 4.98 Å². The monoisotopic (exact) mass is 277 g/mol. The topological polar surface area (TPSA) is 59.2 Å². The van der Waals surface area contributed by atoms with E-state index < -0.39 is 0 Å². The van der Waals surface area contributed by atoms with Crippen molar-refractivity contribution < 1.29 is 9.32 Å². The quantitative estimate of drug-likeness (QED) is 0.847. The zero-order chi connectivity index (χ0) is 13.4. The van der Waals surface area contributed by atoms with Crippen molar-refractivity contribution in [1.82, 2.24) is 15.0 Å². The van der Waals surface area contributed by atoms with Gasteiger partial charge in [-0.3, -0.25) is 4.79 Å². The van der Waals surface area contributed by atoms with Gasteiger partial charge in [-0.15, -0.1) is 11.3 Å². The lowest BCUT2D eigenvalue weighted by molar-refractivity contribution is 0.0715. The van der Waals surface area contributed by atoms with Crippen LogP contribution in [-0.2, 0) is 0 Å². The van der Waals surface area contributed by atoms with E-state index in [2.05, 4.69) is 10.1 Å². The fourth-order valence-electron chi connectivity index (χ4n) is 2.40. The molecule has 0 N–H and O–H groups in total. The molecule has 0 radical (unpaired) electrons. The van der Waals surface area contributed by atoms with E-state index in [0.717, 1.165) is 29.8 Å². The van der Waals surface area contributed by atoms with Gasteiger partial charge >= 0.3 is 0 Å². The van der Waals surface area contributed by atoms with E-state index in [0.29, 0.717) is 11.7 Å². The van der Waals surface area contributed by atoms with Gasteiger partial charge in [-0.1, -0.05) is 5.16 Å². The summed E-state index contributed by atoms with van der Waals surface area (Å²) in [6, 6.07) is 1.86. The molecule has 1 atom stereocenters. The molecule has 2 aromatic heterocycles. The SMILES string of the molecule is Cc1csc(C(=O)N2CCCC2c2nc(C)no2)c1. The van der Waals surface area contributed by atoms with Crippen molar-refractivity contribution in [2.75, 3.05) is 6.54 Å². The third-order valence-corrected chi connectivity index (χ3v) is 4.32. The Morgan fingerprint density at radius 3 is 3.00 bits per heavy atom. The standard InChI is InChI=1S/C13H15N3O2S/c1-8-6-11(19-7-8)13(17)16-5-3-4-10(16)12-14-9(2)15-18-12/h6-7,10H,3-5H2,1-2H3. The van der Waals surface area contributed by atoms with Crippen LogP contribution in [0.2, 0.25) is 0 Å². The molecular formula is C13H15N3O2S. The zero-order valence-corrected chi connectivity index (χ0v) is 11.7. The van der Waals surface area contributed by atoms with Gasteiger partial charge in [0.1, 0.15) is 6.04 Å². The van der Waals surface area contributed by atoms with Gasteiger partial charge in [0.25, 0.3) is 5.91 Å². The normalized spacial score (nSPS) is 19.1. The molecule has 100 valence electrons. The molecule has 3 heterocycles. The molecule has 2 aromatic rings. The number of hydrogen-bond acceptors (Lipinski definition) is 5. The van der Waals surface area contributed by atoms with Crippen LogP contribution in [-0.4, -0.2) is 27.5 Å². The Kier molecular flexibility index (Phi) is 3.10. The molecule has 5 nitrogen and oxygen atoms in total. The maximum Gasteiger partial charge on any atom is 0.264 e. The Morgan fingerprint density at radius 1 is 1.53 bits per heavy atom. The maximum absolute atomic E-state index is 12.5. The van der Waals surface area contributed by atoms with Gasteiger partial charge in [0.15, 0.2) is 5.82 Å². The number of aryl methyl sites for hydroxylation is 2. The molecule has 1 unspecified atom stereocenters. The van der Waals surface area contributed by atoms with E-state index in [1.165, 1.54) is 11.3 Å². The number of carbonyl (C=O) groups excluding carboxylic acids is 1. The molecule has 19 heavy (non-hydrogen) atoms. The Balaban J connectivity index is 1.85. The average Bonchev–Trinajstić information content (AvgIpc) is 3.07. The van der Waals surface area contributed by atoms with Crippen LogP contribution in [0.5, 0.6) is 0 Å². The van der Waals surface area contributed by atoms with Crippen molar-refractivity contribution in [2.24, 2.45) is 0 Å². The van der Waals surface area contributed by atoms with Gasteiger partial charge in [-0.25, -0.2) is 0 Å². The van der Waals surface area contributed by atoms with Gasteiger partial charge in [-0.05, 0) is 43.7 Å². The van der Waals surface area contributed by atoms with Crippen molar-refractivity contribution in [3.8, 4) is 0 Å². The van der Waals surface area contributed by atoms with Crippen LogP contribution in [0.1, 0.15) is 45.8 Å². The third kappa shape index (κ3) is 2.28. The van der Waals surface area contributed by atoms with Crippen molar-refractivity contribution in [3.05, 3.63) is 33.6 Å². The van der Waals surface area contributed by atoms with Crippen molar-refractivity contribution in [1.29, 1.82) is 0 Å². The Morgan fingerprint density at radius 2 is 2.37 bits per heavy atom. The molecule has 1 amide bonds. The minimum atomic E-state index is -0.0730. The number of carbonyl (C=O) groups is 1. The first-order valence-electron chi connectivity index (χ1n) is 6.31. The summed E-state index contributed by atoms with van der Waals surface area (Å²) in [6.45, 7) is 4.54. The van der Waals surface area contributed by atoms with E-state index >= 15 is 0 Å². The van der Waals surface area contributed by atoms with Crippen molar-refractivity contribution >= 4 is 17.2 Å². The molecule has 1 aliphatic heterocycles. The van der Waals surface area contributed by atoms with Crippen LogP contribution in [0, 0.1) is 13.8 Å². The first-order valence-corrected chi connectivity index (χ1v) is 7.19. The molecular weight excluding hydrogens is 262 g/mol. The molecule has 3 rings (SSSR count). The summed E-state index contributed by atoms with van der Waals surface area (Å²) in [5.74, 6) is 1.23. The summed E-state index contributed by atoms with van der Waals surface area (Å²) in [7, 11) is 0. The predicted molar refractivity (Wildman–Crippen MR) is 71.1 cm³/mol. The molecule has 0 spiro atoms. The molecule has 1 saturated heterocycles. The largest absolute Gasteiger partial charge is 0.337 e.